The molecule has 1 aromatic rings. The number of unbranched alkanes of at least 4 members (excludes halogenated alkanes) is 2. The molecule has 0 aliphatic carbocycles. The van der Waals surface area contributed by atoms with E-state index in [2.05, 4.69) is 0 Å². The van der Waals surface area contributed by atoms with Crippen molar-refractivity contribution in [2.45, 2.75) is 38.7 Å². The Kier molecular flexibility index (Phi) is 4.80. The van der Waals surface area contributed by atoms with Gasteiger partial charge in [0.15, 0.2) is 17.5 Å². The first kappa shape index (κ1) is 13.0. The lowest BCUT2D eigenvalue weighted by molar-refractivity contribution is 0.157. The third kappa shape index (κ3) is 2.98. The van der Waals surface area contributed by atoms with Crippen LogP contribution in [0.2, 0.25) is 0 Å². The average molecular weight is 232 g/mol. The molecule has 16 heavy (non-hydrogen) atoms. The minimum Gasteiger partial charge on any atom is -0.388 e. The number of rotatable bonds is 5. The molecule has 0 bridgehead atoms. The molecule has 0 aromatic heterocycles. The van der Waals surface area contributed by atoms with Gasteiger partial charge in [-0.25, -0.2) is 13.2 Å². The zero-order valence-electron chi connectivity index (χ0n) is 9.14. The van der Waals surface area contributed by atoms with E-state index >= 15 is 0 Å². The summed E-state index contributed by atoms with van der Waals surface area (Å²) in [7, 11) is 0. The zero-order chi connectivity index (χ0) is 12.1. The minimum atomic E-state index is -1.52. The highest BCUT2D eigenvalue weighted by Crippen LogP contribution is 2.25. The van der Waals surface area contributed by atoms with E-state index in [1.807, 2.05) is 6.92 Å². The van der Waals surface area contributed by atoms with Crippen molar-refractivity contribution in [3.05, 3.63) is 35.1 Å². The highest BCUT2D eigenvalue weighted by atomic mass is 19.2. The molecule has 0 spiro atoms. The van der Waals surface area contributed by atoms with Crippen molar-refractivity contribution < 1.29 is 18.3 Å². The molecule has 0 saturated heterocycles. The van der Waals surface area contributed by atoms with Gasteiger partial charge < -0.3 is 5.11 Å². The van der Waals surface area contributed by atoms with Gasteiger partial charge in [-0.05, 0) is 12.5 Å². The highest BCUT2D eigenvalue weighted by Gasteiger charge is 2.18. The maximum absolute atomic E-state index is 13.2. The van der Waals surface area contributed by atoms with Crippen LogP contribution in [0.15, 0.2) is 12.1 Å². The SMILES string of the molecule is CCCCCC(O)c1ccc(F)c(F)c1F. The van der Waals surface area contributed by atoms with Gasteiger partial charge in [0.1, 0.15) is 0 Å². The van der Waals surface area contributed by atoms with E-state index in [1.165, 1.54) is 0 Å². The van der Waals surface area contributed by atoms with Crippen LogP contribution in [-0.2, 0) is 0 Å². The Hall–Kier alpha value is -1.03. The maximum Gasteiger partial charge on any atom is 0.194 e. The smallest absolute Gasteiger partial charge is 0.194 e. The van der Waals surface area contributed by atoms with Gasteiger partial charge in [0.2, 0.25) is 0 Å². The number of halogens is 3. The first-order valence-corrected chi connectivity index (χ1v) is 5.39. The number of aliphatic hydroxyl groups excluding tert-OH is 1. The van der Waals surface area contributed by atoms with Gasteiger partial charge in [0, 0.05) is 5.56 Å². The predicted molar refractivity (Wildman–Crippen MR) is 55.4 cm³/mol. The molecule has 0 fully saturated rings. The van der Waals surface area contributed by atoms with Crippen LogP contribution in [0.1, 0.15) is 44.3 Å². The Morgan fingerprint density at radius 2 is 1.81 bits per heavy atom. The monoisotopic (exact) mass is 232 g/mol. The average Bonchev–Trinajstić information content (AvgIpc) is 2.26. The summed E-state index contributed by atoms with van der Waals surface area (Å²) in [6.07, 6.45) is 1.92. The van der Waals surface area contributed by atoms with Gasteiger partial charge in [-0.15, -0.1) is 0 Å². The maximum atomic E-state index is 13.2. The molecule has 0 radical (unpaired) electrons. The standard InChI is InChI=1S/C12H15F3O/c1-2-3-4-5-10(16)8-6-7-9(13)12(15)11(8)14/h6-7,10,16H,2-5H2,1H3. The summed E-state index contributed by atoms with van der Waals surface area (Å²) in [4.78, 5) is 0. The molecular formula is C12H15F3O. The van der Waals surface area contributed by atoms with Crippen molar-refractivity contribution in [3.63, 3.8) is 0 Å². The second-order valence-corrected chi connectivity index (χ2v) is 3.78. The van der Waals surface area contributed by atoms with Gasteiger partial charge >= 0.3 is 0 Å². The van der Waals surface area contributed by atoms with Crippen LogP contribution < -0.4 is 0 Å². The molecule has 0 heterocycles. The quantitative estimate of drug-likeness (QED) is 0.606. The zero-order valence-corrected chi connectivity index (χ0v) is 9.14. The van der Waals surface area contributed by atoms with E-state index < -0.39 is 23.6 Å². The van der Waals surface area contributed by atoms with Gasteiger partial charge in [0.25, 0.3) is 0 Å². The molecule has 1 rings (SSSR count). The summed E-state index contributed by atoms with van der Waals surface area (Å²) in [5.41, 5.74) is -0.171. The largest absolute Gasteiger partial charge is 0.388 e. The van der Waals surface area contributed by atoms with E-state index in [4.69, 9.17) is 0 Å². The molecule has 1 N–H and O–H groups in total. The Bertz CT molecular complexity index is 352. The summed E-state index contributed by atoms with van der Waals surface area (Å²) in [6.45, 7) is 2.00. The van der Waals surface area contributed by atoms with Crippen LogP contribution in [0.3, 0.4) is 0 Å². The molecule has 1 atom stereocenters. The molecule has 0 amide bonds. The van der Waals surface area contributed by atoms with Crippen molar-refractivity contribution in [1.82, 2.24) is 0 Å². The second kappa shape index (κ2) is 5.89. The third-order valence-electron chi connectivity index (χ3n) is 2.51. The Morgan fingerprint density at radius 1 is 1.12 bits per heavy atom. The number of benzene rings is 1. The van der Waals surface area contributed by atoms with Crippen LogP contribution in [-0.4, -0.2) is 5.11 Å². The van der Waals surface area contributed by atoms with Crippen LogP contribution in [0.25, 0.3) is 0 Å². The molecule has 90 valence electrons. The number of aliphatic hydroxyl groups is 1. The lowest BCUT2D eigenvalue weighted by Crippen LogP contribution is -2.04. The normalized spacial score (nSPS) is 12.8. The first-order chi connectivity index (χ1) is 7.57. The molecule has 1 aromatic carbocycles. The molecular weight excluding hydrogens is 217 g/mol. The minimum absolute atomic E-state index is 0.171. The molecule has 0 aliphatic heterocycles. The van der Waals surface area contributed by atoms with E-state index in [0.29, 0.717) is 6.42 Å². The van der Waals surface area contributed by atoms with Crippen LogP contribution >= 0.6 is 0 Å². The Labute approximate surface area is 92.9 Å². The fourth-order valence-electron chi connectivity index (χ4n) is 1.54. The Morgan fingerprint density at radius 3 is 2.44 bits per heavy atom. The van der Waals surface area contributed by atoms with Crippen molar-refractivity contribution >= 4 is 0 Å². The lowest BCUT2D eigenvalue weighted by Gasteiger charge is -2.12. The van der Waals surface area contributed by atoms with Gasteiger partial charge in [-0.2, -0.15) is 0 Å². The topological polar surface area (TPSA) is 20.2 Å². The van der Waals surface area contributed by atoms with Crippen molar-refractivity contribution in [2.75, 3.05) is 0 Å². The molecule has 1 unspecified atom stereocenters. The fourth-order valence-corrected chi connectivity index (χ4v) is 1.54. The van der Waals surface area contributed by atoms with E-state index in [-0.39, 0.29) is 5.56 Å². The van der Waals surface area contributed by atoms with Gasteiger partial charge in [-0.3, -0.25) is 0 Å². The summed E-state index contributed by atoms with van der Waals surface area (Å²) in [6, 6.07) is 1.92. The first-order valence-electron chi connectivity index (χ1n) is 5.39. The highest BCUT2D eigenvalue weighted by molar-refractivity contribution is 5.22. The number of hydrogen-bond acceptors (Lipinski definition) is 1. The Balaban J connectivity index is 2.76. The van der Waals surface area contributed by atoms with Gasteiger partial charge in [0.05, 0.1) is 6.10 Å². The fraction of sp³-hybridized carbons (Fsp3) is 0.500. The van der Waals surface area contributed by atoms with E-state index in [0.717, 1.165) is 31.4 Å². The second-order valence-electron chi connectivity index (χ2n) is 3.78. The van der Waals surface area contributed by atoms with E-state index in [1.54, 1.807) is 0 Å². The van der Waals surface area contributed by atoms with Crippen molar-refractivity contribution in [2.24, 2.45) is 0 Å². The molecule has 1 nitrogen and oxygen atoms in total. The van der Waals surface area contributed by atoms with Crippen LogP contribution in [0, 0.1) is 17.5 Å². The summed E-state index contributed by atoms with van der Waals surface area (Å²) < 4.78 is 38.8. The van der Waals surface area contributed by atoms with Gasteiger partial charge in [-0.1, -0.05) is 32.3 Å². The van der Waals surface area contributed by atoms with Crippen LogP contribution in [0.4, 0.5) is 13.2 Å². The van der Waals surface area contributed by atoms with Crippen molar-refractivity contribution in [3.8, 4) is 0 Å². The molecule has 0 aliphatic rings. The molecule has 0 saturated carbocycles. The summed E-state index contributed by atoms with van der Waals surface area (Å²) >= 11 is 0. The van der Waals surface area contributed by atoms with Crippen LogP contribution in [0.5, 0.6) is 0 Å². The summed E-state index contributed by atoms with van der Waals surface area (Å²) in [5, 5.41) is 9.61. The van der Waals surface area contributed by atoms with E-state index in [9.17, 15) is 18.3 Å². The summed E-state index contributed by atoms with van der Waals surface area (Å²) in [5.74, 6) is -4.04. The van der Waals surface area contributed by atoms with Crippen molar-refractivity contribution in [1.29, 1.82) is 0 Å². The lowest BCUT2D eigenvalue weighted by atomic mass is 10.0. The third-order valence-corrected chi connectivity index (χ3v) is 2.51. The predicted octanol–water partition coefficient (Wildman–Crippen LogP) is 3.72. The number of hydrogen-bond donors (Lipinski definition) is 1. The molecule has 4 heteroatoms.